The predicted molar refractivity (Wildman–Crippen MR) is 164 cm³/mol. The van der Waals surface area contributed by atoms with Crippen LogP contribution in [0.2, 0.25) is 0 Å². The number of carbonyl (C=O) groups is 1. The van der Waals surface area contributed by atoms with Crippen molar-refractivity contribution < 1.29 is 22.7 Å². The number of ether oxygens (including phenoxy) is 2. The van der Waals surface area contributed by atoms with E-state index in [1.807, 2.05) is 67.6 Å². The van der Waals surface area contributed by atoms with Gasteiger partial charge >= 0.3 is 0 Å². The van der Waals surface area contributed by atoms with Crippen molar-refractivity contribution in [3.8, 4) is 22.6 Å². The number of sulfonamides is 1. The summed E-state index contributed by atoms with van der Waals surface area (Å²) >= 11 is 0. The summed E-state index contributed by atoms with van der Waals surface area (Å²) in [7, 11) is -3.62. The zero-order chi connectivity index (χ0) is 29.6. The van der Waals surface area contributed by atoms with Crippen molar-refractivity contribution in [2.24, 2.45) is 0 Å². The van der Waals surface area contributed by atoms with Crippen molar-refractivity contribution in [3.05, 3.63) is 102 Å². The third kappa shape index (κ3) is 5.17. The number of hydrogen-bond acceptors (Lipinski definition) is 7. The minimum Gasteiger partial charge on any atom is -0.454 e. The Labute approximate surface area is 251 Å². The number of carbonyl (C=O) groups excluding carboxylic acids is 1. The minimum absolute atomic E-state index is 0.200. The first-order valence-corrected chi connectivity index (χ1v) is 16.1. The standard InChI is InChI=1S/C34H33N3O5S/c1-24-5-6-25(21-32(38)34(13-14-34)27-9-12-30-31(22-27)42-23-41-30)20-29(24)26-7-10-28(11-8-26)43(39,40)37-18-16-36(17-19-37)33-4-2-3-15-35-33/h2-12,15,20,22H,13-14,16-19,21,23H2,1H3. The average Bonchev–Trinajstić information content (AvgIpc) is 3.73. The van der Waals surface area contributed by atoms with Crippen LogP contribution in [-0.2, 0) is 26.7 Å². The summed E-state index contributed by atoms with van der Waals surface area (Å²) in [4.78, 5) is 20.4. The lowest BCUT2D eigenvalue weighted by molar-refractivity contribution is -0.120. The van der Waals surface area contributed by atoms with Crippen molar-refractivity contribution in [2.45, 2.75) is 36.5 Å². The third-order valence-electron chi connectivity index (χ3n) is 8.89. The number of aryl methyl sites for hydroxylation is 1. The molecule has 7 rings (SSSR count). The lowest BCUT2D eigenvalue weighted by Crippen LogP contribution is -2.48. The van der Waals surface area contributed by atoms with Crippen molar-refractivity contribution >= 4 is 21.6 Å². The van der Waals surface area contributed by atoms with Gasteiger partial charge in [0.25, 0.3) is 0 Å². The van der Waals surface area contributed by atoms with Gasteiger partial charge in [-0.2, -0.15) is 4.31 Å². The zero-order valence-corrected chi connectivity index (χ0v) is 24.8. The van der Waals surface area contributed by atoms with Gasteiger partial charge in [-0.15, -0.1) is 0 Å². The molecule has 3 heterocycles. The highest BCUT2D eigenvalue weighted by molar-refractivity contribution is 7.89. The van der Waals surface area contributed by atoms with Crippen LogP contribution in [0.4, 0.5) is 5.82 Å². The van der Waals surface area contributed by atoms with Crippen LogP contribution in [0.5, 0.6) is 11.5 Å². The van der Waals surface area contributed by atoms with Gasteiger partial charge in [0.15, 0.2) is 11.5 Å². The Bertz CT molecular complexity index is 1780. The molecule has 0 spiro atoms. The molecular formula is C34H33N3O5S. The van der Waals surface area contributed by atoms with Crippen LogP contribution in [0.1, 0.15) is 29.5 Å². The third-order valence-corrected chi connectivity index (χ3v) is 10.8. The van der Waals surface area contributed by atoms with E-state index in [2.05, 4.69) is 16.0 Å². The molecule has 0 radical (unpaired) electrons. The highest BCUT2D eigenvalue weighted by Crippen LogP contribution is 2.51. The molecule has 1 saturated heterocycles. The van der Waals surface area contributed by atoms with Crippen LogP contribution >= 0.6 is 0 Å². The first-order valence-electron chi connectivity index (χ1n) is 14.6. The van der Waals surface area contributed by atoms with Crippen LogP contribution in [0.3, 0.4) is 0 Å². The van der Waals surface area contributed by atoms with Crippen molar-refractivity contribution in [1.29, 1.82) is 0 Å². The highest BCUT2D eigenvalue weighted by Gasteiger charge is 2.50. The second kappa shape index (κ2) is 10.8. The van der Waals surface area contributed by atoms with E-state index >= 15 is 0 Å². The van der Waals surface area contributed by atoms with E-state index in [0.29, 0.717) is 38.3 Å². The van der Waals surface area contributed by atoms with Crippen LogP contribution in [0.15, 0.2) is 90.0 Å². The number of nitrogens with zero attached hydrogens (tertiary/aromatic N) is 3. The molecule has 1 aromatic heterocycles. The van der Waals surface area contributed by atoms with Crippen LogP contribution in [0.25, 0.3) is 11.1 Å². The van der Waals surface area contributed by atoms with Crippen molar-refractivity contribution in [2.75, 3.05) is 37.9 Å². The zero-order valence-electron chi connectivity index (χ0n) is 24.0. The molecule has 43 heavy (non-hydrogen) atoms. The maximum Gasteiger partial charge on any atom is 0.243 e. The van der Waals surface area contributed by atoms with E-state index < -0.39 is 15.4 Å². The van der Waals surface area contributed by atoms with Crippen LogP contribution in [0, 0.1) is 6.92 Å². The molecular weight excluding hydrogens is 562 g/mol. The summed E-state index contributed by atoms with van der Waals surface area (Å²) < 4.78 is 39.4. The fourth-order valence-corrected chi connectivity index (χ4v) is 7.57. The Morgan fingerprint density at radius 1 is 0.884 bits per heavy atom. The Morgan fingerprint density at radius 2 is 1.65 bits per heavy atom. The number of hydrogen-bond donors (Lipinski definition) is 0. The molecule has 2 fully saturated rings. The largest absolute Gasteiger partial charge is 0.454 e. The van der Waals surface area contributed by atoms with E-state index in [1.165, 1.54) is 0 Å². The maximum atomic E-state index is 13.6. The smallest absolute Gasteiger partial charge is 0.243 e. The Kier molecular flexibility index (Phi) is 6.94. The summed E-state index contributed by atoms with van der Waals surface area (Å²) in [6.07, 6.45) is 3.75. The molecule has 0 bridgehead atoms. The number of benzene rings is 3. The number of pyridine rings is 1. The SMILES string of the molecule is Cc1ccc(CC(=O)C2(c3ccc4c(c3)OCO4)CC2)cc1-c1ccc(S(=O)(=O)N2CCN(c3ccccn3)CC2)cc1. The van der Waals surface area contributed by atoms with Gasteiger partial charge in [-0.1, -0.05) is 42.5 Å². The lowest BCUT2D eigenvalue weighted by atomic mass is 9.87. The van der Waals surface area contributed by atoms with Gasteiger partial charge in [-0.05, 0) is 84.0 Å². The molecule has 0 amide bonds. The highest BCUT2D eigenvalue weighted by atomic mass is 32.2. The molecule has 3 aromatic carbocycles. The molecule has 0 unspecified atom stereocenters. The Morgan fingerprint density at radius 3 is 2.37 bits per heavy atom. The van der Waals surface area contributed by atoms with Crippen LogP contribution < -0.4 is 14.4 Å². The topological polar surface area (TPSA) is 89.0 Å². The number of fused-ring (bicyclic) bond motifs is 1. The predicted octanol–water partition coefficient (Wildman–Crippen LogP) is 5.14. The summed E-state index contributed by atoms with van der Waals surface area (Å²) in [5, 5.41) is 0. The molecule has 2 aliphatic heterocycles. The van der Waals surface area contributed by atoms with Crippen molar-refractivity contribution in [1.82, 2.24) is 9.29 Å². The molecule has 4 aromatic rings. The van der Waals surface area contributed by atoms with Gasteiger partial charge in [0, 0.05) is 38.8 Å². The number of aromatic nitrogens is 1. The van der Waals surface area contributed by atoms with Gasteiger partial charge in [0.1, 0.15) is 11.6 Å². The quantitative estimate of drug-likeness (QED) is 0.279. The summed E-state index contributed by atoms with van der Waals surface area (Å²) in [6, 6.07) is 24.8. The van der Waals surface area contributed by atoms with Gasteiger partial charge in [0.05, 0.1) is 10.3 Å². The summed E-state index contributed by atoms with van der Waals surface area (Å²) in [5.74, 6) is 2.48. The molecule has 1 aliphatic carbocycles. The molecule has 9 heteroatoms. The van der Waals surface area contributed by atoms with E-state index in [9.17, 15) is 13.2 Å². The average molecular weight is 596 g/mol. The van der Waals surface area contributed by atoms with Gasteiger partial charge in [0.2, 0.25) is 16.8 Å². The van der Waals surface area contributed by atoms with Gasteiger partial charge < -0.3 is 14.4 Å². The Balaban J connectivity index is 1.05. The summed E-state index contributed by atoms with van der Waals surface area (Å²) in [5.41, 5.74) is 4.44. The number of ketones is 1. The van der Waals surface area contributed by atoms with E-state index in [4.69, 9.17) is 9.47 Å². The van der Waals surface area contributed by atoms with E-state index in [0.717, 1.165) is 52.2 Å². The molecule has 3 aliphatic rings. The first kappa shape index (κ1) is 27.6. The minimum atomic E-state index is -3.62. The van der Waals surface area contributed by atoms with E-state index in [-0.39, 0.29) is 17.5 Å². The normalized spacial score (nSPS) is 17.6. The van der Waals surface area contributed by atoms with Gasteiger partial charge in [-0.25, -0.2) is 13.4 Å². The Hall–Kier alpha value is -4.21. The fraction of sp³-hybridized carbons (Fsp3) is 0.294. The number of Topliss-reactive ketones (excluding diaryl/α,β-unsaturated/α-hetero) is 1. The summed E-state index contributed by atoms with van der Waals surface area (Å²) in [6.45, 7) is 4.24. The molecule has 1 saturated carbocycles. The first-order chi connectivity index (χ1) is 20.8. The maximum absolute atomic E-state index is 13.6. The molecule has 220 valence electrons. The number of anilines is 1. The fourth-order valence-electron chi connectivity index (χ4n) is 6.15. The van der Waals surface area contributed by atoms with Crippen molar-refractivity contribution in [3.63, 3.8) is 0 Å². The van der Waals surface area contributed by atoms with Gasteiger partial charge in [-0.3, -0.25) is 4.79 Å². The molecule has 8 nitrogen and oxygen atoms in total. The second-order valence-corrected chi connectivity index (χ2v) is 13.4. The second-order valence-electron chi connectivity index (χ2n) is 11.5. The molecule has 0 atom stereocenters. The van der Waals surface area contributed by atoms with Crippen LogP contribution in [-0.4, -0.2) is 56.5 Å². The number of rotatable bonds is 8. The van der Waals surface area contributed by atoms with E-state index in [1.54, 1.807) is 22.6 Å². The molecule has 0 N–H and O–H groups in total. The number of piperazine rings is 1. The monoisotopic (exact) mass is 595 g/mol. The lowest BCUT2D eigenvalue weighted by Gasteiger charge is -2.34.